The first-order valence-electron chi connectivity index (χ1n) is 8.96. The average molecular weight is 423 g/mol. The van der Waals surface area contributed by atoms with Gasteiger partial charge in [-0.25, -0.2) is 22.4 Å². The molecule has 30 heavy (non-hydrogen) atoms. The number of rotatable bonds is 6. The number of nitrogens with zero attached hydrogens (tertiary/aromatic N) is 1. The molecule has 0 bridgehead atoms. The zero-order chi connectivity index (χ0) is 22.0. The van der Waals surface area contributed by atoms with Gasteiger partial charge in [-0.15, -0.1) is 0 Å². The van der Waals surface area contributed by atoms with Gasteiger partial charge in [0.15, 0.2) is 30.0 Å². The molecule has 0 unspecified atom stereocenters. The third kappa shape index (κ3) is 3.51. The predicted molar refractivity (Wildman–Crippen MR) is 100 cm³/mol. The number of ether oxygens (including phenoxy) is 1. The van der Waals surface area contributed by atoms with Crippen LogP contribution in [0.1, 0.15) is 19.3 Å². The number of halogens is 4. The molecule has 0 radical (unpaired) electrons. The molecule has 0 saturated heterocycles. The highest BCUT2D eigenvalue weighted by Crippen LogP contribution is 2.43. The van der Waals surface area contributed by atoms with E-state index in [9.17, 15) is 27.9 Å². The van der Waals surface area contributed by atoms with Gasteiger partial charge in [0.25, 0.3) is 5.91 Å². The van der Waals surface area contributed by atoms with Crippen LogP contribution in [0.4, 0.5) is 23.2 Å². The first-order chi connectivity index (χ1) is 14.3. The first kappa shape index (κ1) is 21.4. The van der Waals surface area contributed by atoms with Gasteiger partial charge in [0.05, 0.1) is 12.7 Å². The normalized spacial score (nSPS) is 13.5. The van der Waals surface area contributed by atoms with E-state index >= 15 is 4.39 Å². The van der Waals surface area contributed by atoms with Crippen molar-refractivity contribution in [3.8, 4) is 16.9 Å². The van der Waals surface area contributed by atoms with Crippen molar-refractivity contribution in [1.29, 1.82) is 0 Å². The van der Waals surface area contributed by atoms with E-state index in [0.717, 1.165) is 7.11 Å². The van der Waals surface area contributed by atoms with Gasteiger partial charge in [0, 0.05) is 11.1 Å². The van der Waals surface area contributed by atoms with Crippen molar-refractivity contribution in [2.45, 2.75) is 19.3 Å². The second-order valence-corrected chi connectivity index (χ2v) is 6.53. The van der Waals surface area contributed by atoms with Crippen LogP contribution < -0.4 is 9.64 Å². The molecule has 0 aliphatic heterocycles. The van der Waals surface area contributed by atoms with Gasteiger partial charge in [-0.2, -0.15) is 0 Å². The summed E-state index contributed by atoms with van der Waals surface area (Å²) in [6.07, 6.45) is 0.381. The lowest BCUT2D eigenvalue weighted by Crippen LogP contribution is -2.34. The maximum atomic E-state index is 15.2. The van der Waals surface area contributed by atoms with Crippen LogP contribution in [0.5, 0.6) is 5.75 Å². The number of aliphatic carboxylic acids is 1. The van der Waals surface area contributed by atoms with Crippen molar-refractivity contribution in [2.24, 2.45) is 0 Å². The van der Waals surface area contributed by atoms with Crippen LogP contribution >= 0.6 is 0 Å². The van der Waals surface area contributed by atoms with Crippen molar-refractivity contribution < 1.29 is 37.0 Å². The van der Waals surface area contributed by atoms with E-state index in [1.165, 1.54) is 24.3 Å². The number of carboxylic acid groups (broad SMARTS) is 1. The number of benzene rings is 2. The number of carboxylic acids is 1. The summed E-state index contributed by atoms with van der Waals surface area (Å²) >= 11 is 0. The Bertz CT molecular complexity index is 1040. The fraction of sp³-hybridized carbons (Fsp3) is 0.238. The summed E-state index contributed by atoms with van der Waals surface area (Å²) in [6, 6.07) is 7.47. The van der Waals surface area contributed by atoms with E-state index in [0.29, 0.717) is 6.42 Å². The lowest BCUT2D eigenvalue weighted by molar-refractivity contribution is -0.133. The maximum Gasteiger partial charge on any atom is 0.332 e. The van der Waals surface area contributed by atoms with E-state index in [1.54, 1.807) is 6.07 Å². The highest BCUT2D eigenvalue weighted by molar-refractivity contribution is 6.10. The molecule has 2 aromatic carbocycles. The Morgan fingerprint density at radius 1 is 1.03 bits per heavy atom. The molecular weight excluding hydrogens is 406 g/mol. The molecule has 3 rings (SSSR count). The van der Waals surface area contributed by atoms with Crippen LogP contribution in [0.2, 0.25) is 0 Å². The van der Waals surface area contributed by atoms with Gasteiger partial charge in [-0.3, -0.25) is 9.69 Å². The molecule has 0 saturated carbocycles. The summed E-state index contributed by atoms with van der Waals surface area (Å²) in [6.45, 7) is -1.70. The number of hydrogen-bond acceptors (Lipinski definition) is 3. The Morgan fingerprint density at radius 2 is 1.67 bits per heavy atom. The maximum absolute atomic E-state index is 15.2. The standard InChI is InChI=1S/C21H17F4NO4/c1-30-19-14(11-6-3-2-4-7-11)15(23)16(24)18(17(19)25)26(10-22)20(27)12-8-5-9-13(12)21(28)29/h2-4,6-7H,5,8-10H2,1H3,(H,28,29). The second kappa shape index (κ2) is 8.56. The van der Waals surface area contributed by atoms with Gasteiger partial charge < -0.3 is 9.84 Å². The molecule has 9 heteroatoms. The molecule has 0 spiro atoms. The second-order valence-electron chi connectivity index (χ2n) is 6.53. The Labute approximate surface area is 169 Å². The molecule has 5 nitrogen and oxygen atoms in total. The van der Waals surface area contributed by atoms with Crippen LogP contribution in [0, 0.1) is 17.5 Å². The minimum absolute atomic E-state index is 0.00191. The van der Waals surface area contributed by atoms with E-state index in [-0.39, 0.29) is 34.5 Å². The van der Waals surface area contributed by atoms with E-state index < -0.39 is 53.1 Å². The molecule has 158 valence electrons. The zero-order valence-corrected chi connectivity index (χ0v) is 15.8. The van der Waals surface area contributed by atoms with E-state index in [1.807, 2.05) is 0 Å². The minimum Gasteiger partial charge on any atom is -0.493 e. The number of carbonyl (C=O) groups excluding carboxylic acids is 1. The third-order valence-corrected chi connectivity index (χ3v) is 4.89. The van der Waals surface area contributed by atoms with Crippen molar-refractivity contribution in [2.75, 3.05) is 18.8 Å². The van der Waals surface area contributed by atoms with Crippen molar-refractivity contribution in [3.63, 3.8) is 0 Å². The van der Waals surface area contributed by atoms with Crippen molar-refractivity contribution >= 4 is 17.6 Å². The van der Waals surface area contributed by atoms with Crippen molar-refractivity contribution in [3.05, 3.63) is 58.9 Å². The predicted octanol–water partition coefficient (Wildman–Crippen LogP) is 4.60. The number of alkyl halides is 1. The Hall–Kier alpha value is -3.36. The number of methoxy groups -OCH3 is 1. The summed E-state index contributed by atoms with van der Waals surface area (Å²) in [4.78, 5) is 24.1. The molecule has 1 aliphatic carbocycles. The van der Waals surface area contributed by atoms with Gasteiger partial charge in [-0.05, 0) is 24.8 Å². The Morgan fingerprint density at radius 3 is 2.23 bits per heavy atom. The SMILES string of the molecule is COc1c(F)c(N(CF)C(=O)C2=C(C(=O)O)CCC2)c(F)c(F)c1-c1ccccc1. The number of anilines is 1. The van der Waals surface area contributed by atoms with Crippen LogP contribution in [0.15, 0.2) is 41.5 Å². The molecule has 1 amide bonds. The summed E-state index contributed by atoms with van der Waals surface area (Å²) in [5, 5.41) is 9.21. The Kier molecular flexibility index (Phi) is 6.09. The van der Waals surface area contributed by atoms with Gasteiger partial charge in [0.2, 0.25) is 0 Å². The van der Waals surface area contributed by atoms with Gasteiger partial charge in [0.1, 0.15) is 5.69 Å². The molecule has 1 N–H and O–H groups in total. The summed E-state index contributed by atoms with van der Waals surface area (Å²) in [5.74, 6) is -8.11. The highest BCUT2D eigenvalue weighted by Gasteiger charge is 2.35. The molecule has 0 aromatic heterocycles. The van der Waals surface area contributed by atoms with Crippen LogP contribution in [0.3, 0.4) is 0 Å². The first-order valence-corrected chi connectivity index (χ1v) is 8.96. The lowest BCUT2D eigenvalue weighted by Gasteiger charge is -2.24. The van der Waals surface area contributed by atoms with E-state index in [4.69, 9.17) is 4.74 Å². The fourth-order valence-corrected chi connectivity index (χ4v) is 3.51. The molecule has 0 heterocycles. The summed E-state index contributed by atoms with van der Waals surface area (Å²) < 4.78 is 63.7. The van der Waals surface area contributed by atoms with Gasteiger partial charge >= 0.3 is 5.97 Å². The number of carbonyl (C=O) groups is 2. The minimum atomic E-state index is -1.78. The lowest BCUT2D eigenvalue weighted by atomic mass is 10.0. The Balaban J connectivity index is 2.20. The van der Waals surface area contributed by atoms with Crippen LogP contribution in [0.25, 0.3) is 11.1 Å². The smallest absolute Gasteiger partial charge is 0.332 e. The van der Waals surface area contributed by atoms with Crippen molar-refractivity contribution in [1.82, 2.24) is 0 Å². The third-order valence-electron chi connectivity index (χ3n) is 4.89. The largest absolute Gasteiger partial charge is 0.493 e. The molecule has 0 fully saturated rings. The fourth-order valence-electron chi connectivity index (χ4n) is 3.51. The van der Waals surface area contributed by atoms with Gasteiger partial charge in [-0.1, -0.05) is 30.3 Å². The topological polar surface area (TPSA) is 66.8 Å². The molecular formula is C21H17F4NO4. The quantitative estimate of drug-likeness (QED) is 0.419. The molecule has 2 aromatic rings. The molecule has 0 atom stereocenters. The van der Waals surface area contributed by atoms with Crippen LogP contribution in [-0.4, -0.2) is 30.9 Å². The summed E-state index contributed by atoms with van der Waals surface area (Å²) in [7, 11) is 1.02. The summed E-state index contributed by atoms with van der Waals surface area (Å²) in [5.41, 5.74) is -2.21. The highest BCUT2D eigenvalue weighted by atomic mass is 19.2. The average Bonchev–Trinajstić information content (AvgIpc) is 3.24. The number of amides is 1. The zero-order valence-electron chi connectivity index (χ0n) is 15.8. The van der Waals surface area contributed by atoms with E-state index in [2.05, 4.69) is 0 Å². The van der Waals surface area contributed by atoms with Crippen LogP contribution in [-0.2, 0) is 9.59 Å². The monoisotopic (exact) mass is 423 g/mol. The molecule has 1 aliphatic rings. The number of hydrogen-bond donors (Lipinski definition) is 1.